The fourth-order valence-corrected chi connectivity index (χ4v) is 4.68. The van der Waals surface area contributed by atoms with Crippen molar-refractivity contribution in [3.05, 3.63) is 59.0 Å². The minimum Gasteiger partial charge on any atom is -0.492 e. The van der Waals surface area contributed by atoms with E-state index in [4.69, 9.17) is 4.74 Å². The lowest BCUT2D eigenvalue weighted by atomic mass is 9.89. The Morgan fingerprint density at radius 3 is 2.31 bits per heavy atom. The van der Waals surface area contributed by atoms with Gasteiger partial charge in [0.25, 0.3) is 0 Å². The molecule has 0 spiro atoms. The molecule has 0 unspecified atom stereocenters. The Balaban J connectivity index is 1.23. The molecule has 0 saturated carbocycles. The smallest absolute Gasteiger partial charge is 0.239 e. The molecule has 0 aromatic heterocycles. The van der Waals surface area contributed by atoms with Crippen molar-refractivity contribution in [1.29, 1.82) is 0 Å². The van der Waals surface area contributed by atoms with Crippen molar-refractivity contribution in [2.75, 3.05) is 51.3 Å². The van der Waals surface area contributed by atoms with Crippen LogP contribution in [0.5, 0.6) is 5.75 Å². The van der Waals surface area contributed by atoms with Gasteiger partial charge in [-0.1, -0.05) is 12.1 Å². The zero-order valence-electron chi connectivity index (χ0n) is 18.9. The third-order valence-corrected chi connectivity index (χ3v) is 6.82. The van der Waals surface area contributed by atoms with Crippen LogP contribution in [0.3, 0.4) is 0 Å². The van der Waals surface area contributed by atoms with Crippen LogP contribution in [-0.2, 0) is 4.79 Å². The van der Waals surface area contributed by atoms with Crippen molar-refractivity contribution in [1.82, 2.24) is 9.80 Å². The summed E-state index contributed by atoms with van der Waals surface area (Å²) in [7, 11) is 1.86. The third-order valence-electron chi connectivity index (χ3n) is 6.82. The molecule has 4 rings (SSSR count). The molecule has 2 saturated heterocycles. The molecule has 7 heteroatoms. The van der Waals surface area contributed by atoms with Gasteiger partial charge in [-0.15, -0.1) is 4.91 Å². The molecule has 32 heavy (non-hydrogen) atoms. The molecule has 2 aromatic rings. The largest absolute Gasteiger partial charge is 0.492 e. The highest BCUT2D eigenvalue weighted by Gasteiger charge is 2.28. The molecule has 2 heterocycles. The number of likely N-dealkylation sites (N-methyl/N-ethyl adjacent to an activating group) is 1. The van der Waals surface area contributed by atoms with Gasteiger partial charge in [-0.25, -0.2) is 0 Å². The normalized spacial score (nSPS) is 20.4. The van der Waals surface area contributed by atoms with Crippen molar-refractivity contribution in [3.8, 4) is 5.75 Å². The monoisotopic (exact) mass is 436 g/mol. The predicted octanol–water partition coefficient (Wildman–Crippen LogP) is 4.01. The Bertz CT molecular complexity index is 908. The van der Waals surface area contributed by atoms with E-state index >= 15 is 0 Å². The standard InChI is InChI=1S/C25H32N4O3/c1-19-25(30)27(2)15-16-28(19)17-18-32-24-9-3-20(4-10-24)21-11-13-29(14-12-21)23-7-5-22(26-31)6-8-23/h3-10,19,21H,11-18H2,1-2H3/t19-/m1/s1. The van der Waals surface area contributed by atoms with Crippen LogP contribution in [0.1, 0.15) is 31.2 Å². The predicted molar refractivity (Wildman–Crippen MR) is 127 cm³/mol. The molecule has 2 aliphatic heterocycles. The summed E-state index contributed by atoms with van der Waals surface area (Å²) in [6.07, 6.45) is 2.20. The van der Waals surface area contributed by atoms with Crippen LogP contribution >= 0.6 is 0 Å². The Labute approximate surface area is 189 Å². The Hall–Kier alpha value is -2.93. The SMILES string of the molecule is C[C@@H]1C(=O)N(C)CCN1CCOc1ccc(C2CCN(c3ccc(N=O)cc3)CC2)cc1. The average Bonchev–Trinajstić information content (AvgIpc) is 2.85. The lowest BCUT2D eigenvalue weighted by Gasteiger charge is -2.37. The van der Waals surface area contributed by atoms with E-state index in [-0.39, 0.29) is 11.9 Å². The summed E-state index contributed by atoms with van der Waals surface area (Å²) in [6, 6.07) is 15.9. The summed E-state index contributed by atoms with van der Waals surface area (Å²) in [5.41, 5.74) is 2.98. The fraction of sp³-hybridized carbons (Fsp3) is 0.480. The number of carbonyl (C=O) groups excluding carboxylic acids is 1. The van der Waals surface area contributed by atoms with Crippen LogP contribution in [0.2, 0.25) is 0 Å². The Kier molecular flexibility index (Phi) is 7.05. The summed E-state index contributed by atoms with van der Waals surface area (Å²) in [5.74, 6) is 1.61. The maximum absolute atomic E-state index is 12.1. The van der Waals surface area contributed by atoms with Gasteiger partial charge in [-0.2, -0.15) is 0 Å². The number of piperazine rings is 1. The molecule has 2 fully saturated rings. The molecule has 170 valence electrons. The van der Waals surface area contributed by atoms with E-state index < -0.39 is 0 Å². The van der Waals surface area contributed by atoms with E-state index in [9.17, 15) is 9.70 Å². The first-order valence-electron chi connectivity index (χ1n) is 11.5. The van der Waals surface area contributed by atoms with Gasteiger partial charge in [0.2, 0.25) is 5.91 Å². The number of amides is 1. The summed E-state index contributed by atoms with van der Waals surface area (Å²) in [4.78, 5) is 29.1. The van der Waals surface area contributed by atoms with Crippen LogP contribution in [0.4, 0.5) is 11.4 Å². The first kappa shape index (κ1) is 22.3. The summed E-state index contributed by atoms with van der Waals surface area (Å²) < 4.78 is 5.95. The van der Waals surface area contributed by atoms with Crippen molar-refractivity contribution < 1.29 is 9.53 Å². The fourth-order valence-electron chi connectivity index (χ4n) is 4.68. The maximum Gasteiger partial charge on any atom is 0.239 e. The number of hydrogen-bond donors (Lipinski definition) is 0. The second-order valence-electron chi connectivity index (χ2n) is 8.76. The molecule has 0 N–H and O–H groups in total. The lowest BCUT2D eigenvalue weighted by molar-refractivity contribution is -0.139. The number of benzene rings is 2. The number of carbonyl (C=O) groups is 1. The molecule has 0 bridgehead atoms. The van der Waals surface area contributed by atoms with E-state index in [0.29, 0.717) is 18.2 Å². The van der Waals surface area contributed by atoms with Gasteiger partial charge >= 0.3 is 0 Å². The van der Waals surface area contributed by atoms with Crippen molar-refractivity contribution in [3.63, 3.8) is 0 Å². The Morgan fingerprint density at radius 2 is 1.66 bits per heavy atom. The highest BCUT2D eigenvalue weighted by Crippen LogP contribution is 2.32. The number of rotatable bonds is 7. The van der Waals surface area contributed by atoms with Gasteiger partial charge in [0.15, 0.2) is 0 Å². The lowest BCUT2D eigenvalue weighted by Crippen LogP contribution is -2.55. The zero-order valence-corrected chi connectivity index (χ0v) is 18.9. The van der Waals surface area contributed by atoms with Gasteiger partial charge in [0, 0.05) is 45.5 Å². The molecular weight excluding hydrogens is 404 g/mol. The van der Waals surface area contributed by atoms with Crippen LogP contribution in [0.25, 0.3) is 0 Å². The number of ether oxygens (including phenoxy) is 1. The van der Waals surface area contributed by atoms with Gasteiger partial charge in [-0.3, -0.25) is 9.69 Å². The number of anilines is 1. The first-order valence-corrected chi connectivity index (χ1v) is 11.5. The minimum absolute atomic E-state index is 0.0785. The second kappa shape index (κ2) is 10.1. The topological polar surface area (TPSA) is 65.5 Å². The second-order valence-corrected chi connectivity index (χ2v) is 8.76. The zero-order chi connectivity index (χ0) is 22.5. The minimum atomic E-state index is -0.0785. The van der Waals surface area contributed by atoms with E-state index in [1.807, 2.05) is 26.1 Å². The summed E-state index contributed by atoms with van der Waals surface area (Å²) >= 11 is 0. The highest BCUT2D eigenvalue weighted by atomic mass is 16.5. The number of nitrogens with zero attached hydrogens (tertiary/aromatic N) is 4. The molecule has 7 nitrogen and oxygen atoms in total. The molecule has 2 aromatic carbocycles. The van der Waals surface area contributed by atoms with Crippen LogP contribution < -0.4 is 9.64 Å². The maximum atomic E-state index is 12.1. The number of piperidine rings is 1. The molecule has 0 aliphatic carbocycles. The molecule has 1 amide bonds. The number of hydrogen-bond acceptors (Lipinski definition) is 6. The molecule has 2 aliphatic rings. The van der Waals surface area contributed by atoms with Gasteiger partial charge in [-0.05, 0) is 72.8 Å². The first-order chi connectivity index (χ1) is 15.5. The van der Waals surface area contributed by atoms with E-state index in [1.165, 1.54) is 5.56 Å². The molecule has 0 radical (unpaired) electrons. The number of nitroso groups, excluding NO2 is 1. The van der Waals surface area contributed by atoms with Crippen LogP contribution in [0.15, 0.2) is 53.7 Å². The average molecular weight is 437 g/mol. The van der Waals surface area contributed by atoms with Gasteiger partial charge in [0.05, 0.1) is 6.04 Å². The van der Waals surface area contributed by atoms with Crippen LogP contribution in [0, 0.1) is 4.91 Å². The van der Waals surface area contributed by atoms with E-state index in [0.717, 1.165) is 57.0 Å². The third kappa shape index (κ3) is 5.10. The molecular formula is C25H32N4O3. The van der Waals surface area contributed by atoms with Crippen molar-refractivity contribution in [2.45, 2.75) is 31.7 Å². The quantitative estimate of drug-likeness (QED) is 0.614. The van der Waals surface area contributed by atoms with Crippen molar-refractivity contribution >= 4 is 17.3 Å². The summed E-state index contributed by atoms with van der Waals surface area (Å²) in [5, 5.41) is 2.97. The van der Waals surface area contributed by atoms with E-state index in [1.54, 1.807) is 17.0 Å². The molecule has 1 atom stereocenters. The van der Waals surface area contributed by atoms with Crippen molar-refractivity contribution in [2.24, 2.45) is 5.18 Å². The highest BCUT2D eigenvalue weighted by molar-refractivity contribution is 5.81. The van der Waals surface area contributed by atoms with Gasteiger partial charge < -0.3 is 14.5 Å². The van der Waals surface area contributed by atoms with E-state index in [2.05, 4.69) is 39.2 Å². The summed E-state index contributed by atoms with van der Waals surface area (Å²) in [6.45, 7) is 6.97. The van der Waals surface area contributed by atoms with Crippen LogP contribution in [-0.4, -0.2) is 68.1 Å². The van der Waals surface area contributed by atoms with Gasteiger partial charge in [0.1, 0.15) is 18.0 Å². The Morgan fingerprint density at radius 1 is 0.969 bits per heavy atom.